The van der Waals surface area contributed by atoms with Crippen LogP contribution in [0.1, 0.15) is 38.2 Å². The number of hydrogen-bond acceptors (Lipinski definition) is 2. The van der Waals surface area contributed by atoms with Gasteiger partial charge in [-0.3, -0.25) is 0 Å². The van der Waals surface area contributed by atoms with Crippen molar-refractivity contribution in [2.24, 2.45) is 0 Å². The molecule has 0 amide bonds. The highest BCUT2D eigenvalue weighted by Gasteiger charge is 2.26. The number of halogens is 3. The van der Waals surface area contributed by atoms with Crippen LogP contribution < -0.4 is 5.32 Å². The van der Waals surface area contributed by atoms with Crippen LogP contribution in [0, 0.1) is 0 Å². The minimum Gasteiger partial charge on any atom is -0.396 e. The summed E-state index contributed by atoms with van der Waals surface area (Å²) in [5.74, 6) is 0. The lowest BCUT2D eigenvalue weighted by molar-refractivity contribution is -0.135. The van der Waals surface area contributed by atoms with E-state index in [9.17, 15) is 13.2 Å². The van der Waals surface area contributed by atoms with Crippen LogP contribution in [0.25, 0.3) is 0 Å². The van der Waals surface area contributed by atoms with E-state index in [0.717, 1.165) is 17.7 Å². The Morgan fingerprint density at radius 2 is 2.00 bits per heavy atom. The van der Waals surface area contributed by atoms with Crippen molar-refractivity contribution in [3.8, 4) is 0 Å². The van der Waals surface area contributed by atoms with Crippen molar-refractivity contribution < 1.29 is 18.3 Å². The maximum atomic E-state index is 12.1. The molecule has 0 saturated carbocycles. The third-order valence-corrected chi connectivity index (χ3v) is 3.06. The fourth-order valence-corrected chi connectivity index (χ4v) is 2.07. The molecule has 0 bridgehead atoms. The van der Waals surface area contributed by atoms with Crippen LogP contribution in [0.2, 0.25) is 0 Å². The number of alkyl halides is 3. The molecule has 2 nitrogen and oxygen atoms in total. The molecule has 1 rings (SSSR count). The summed E-state index contributed by atoms with van der Waals surface area (Å²) in [6, 6.07) is 7.79. The molecule has 0 aliphatic carbocycles. The monoisotopic (exact) mass is 289 g/mol. The first-order valence-corrected chi connectivity index (χ1v) is 6.94. The van der Waals surface area contributed by atoms with Gasteiger partial charge in [-0.25, -0.2) is 0 Å². The number of benzene rings is 1. The lowest BCUT2D eigenvalue weighted by Gasteiger charge is -2.16. The van der Waals surface area contributed by atoms with Crippen LogP contribution in [0.15, 0.2) is 24.3 Å². The van der Waals surface area contributed by atoms with Crippen molar-refractivity contribution in [2.45, 2.75) is 51.2 Å². The van der Waals surface area contributed by atoms with E-state index in [4.69, 9.17) is 5.11 Å². The Balaban J connectivity index is 2.39. The number of nitrogens with one attached hydrogen (secondary N) is 1. The summed E-state index contributed by atoms with van der Waals surface area (Å²) in [7, 11) is 0. The summed E-state index contributed by atoms with van der Waals surface area (Å²) in [6.07, 6.45) is -2.65. The van der Waals surface area contributed by atoms with Gasteiger partial charge >= 0.3 is 6.18 Å². The standard InChI is InChI=1S/C15H22F3NO/c1-12(5-3-9-15(16,17)18)19-14-8-2-6-13(11-14)7-4-10-20/h2,6,8,11-12,19-20H,3-5,7,9-10H2,1H3. The van der Waals surface area contributed by atoms with Crippen molar-refractivity contribution in [1.82, 2.24) is 0 Å². The maximum absolute atomic E-state index is 12.1. The van der Waals surface area contributed by atoms with Gasteiger partial charge < -0.3 is 10.4 Å². The molecule has 1 aromatic rings. The molecule has 0 radical (unpaired) electrons. The molecule has 5 heteroatoms. The molecule has 0 fully saturated rings. The molecule has 0 spiro atoms. The fraction of sp³-hybridized carbons (Fsp3) is 0.600. The van der Waals surface area contributed by atoms with Gasteiger partial charge in [0.1, 0.15) is 0 Å². The van der Waals surface area contributed by atoms with Crippen molar-refractivity contribution >= 4 is 5.69 Å². The Labute approximate surface area is 118 Å². The molecular formula is C15H22F3NO. The van der Waals surface area contributed by atoms with E-state index in [0.29, 0.717) is 12.8 Å². The second-order valence-electron chi connectivity index (χ2n) is 5.08. The molecular weight excluding hydrogens is 267 g/mol. The van der Waals surface area contributed by atoms with Gasteiger partial charge in [0.05, 0.1) is 0 Å². The van der Waals surface area contributed by atoms with Gasteiger partial charge in [0.25, 0.3) is 0 Å². The molecule has 0 heterocycles. The molecule has 2 N–H and O–H groups in total. The maximum Gasteiger partial charge on any atom is 0.389 e. The van der Waals surface area contributed by atoms with Gasteiger partial charge in [-0.15, -0.1) is 0 Å². The smallest absolute Gasteiger partial charge is 0.389 e. The first kappa shape index (κ1) is 16.8. The van der Waals surface area contributed by atoms with Gasteiger partial charge in [-0.05, 0) is 50.3 Å². The van der Waals surface area contributed by atoms with Crippen LogP contribution >= 0.6 is 0 Å². The summed E-state index contributed by atoms with van der Waals surface area (Å²) in [5.41, 5.74) is 2.03. The van der Waals surface area contributed by atoms with Gasteiger partial charge in [-0.2, -0.15) is 13.2 Å². The molecule has 0 saturated heterocycles. The third kappa shape index (κ3) is 7.38. The summed E-state index contributed by atoms with van der Waals surface area (Å²) in [6.45, 7) is 2.04. The fourth-order valence-electron chi connectivity index (χ4n) is 2.07. The van der Waals surface area contributed by atoms with Gasteiger partial charge in [0.15, 0.2) is 0 Å². The summed E-state index contributed by atoms with van der Waals surface area (Å²) >= 11 is 0. The van der Waals surface area contributed by atoms with Crippen LogP contribution in [0.3, 0.4) is 0 Å². The topological polar surface area (TPSA) is 32.3 Å². The van der Waals surface area contributed by atoms with Gasteiger partial charge in [-0.1, -0.05) is 12.1 Å². The minimum atomic E-state index is -4.07. The van der Waals surface area contributed by atoms with E-state index >= 15 is 0 Å². The zero-order valence-electron chi connectivity index (χ0n) is 11.7. The Bertz CT molecular complexity index is 393. The van der Waals surface area contributed by atoms with E-state index in [2.05, 4.69) is 5.32 Å². The summed E-state index contributed by atoms with van der Waals surface area (Å²) in [5, 5.41) is 12.0. The second kappa shape index (κ2) is 8.15. The normalized spacial score (nSPS) is 13.2. The van der Waals surface area contributed by atoms with E-state index in [1.54, 1.807) is 0 Å². The van der Waals surface area contributed by atoms with Crippen molar-refractivity contribution in [2.75, 3.05) is 11.9 Å². The number of aryl methyl sites for hydroxylation is 1. The molecule has 1 atom stereocenters. The van der Waals surface area contributed by atoms with Gasteiger partial charge in [0, 0.05) is 24.8 Å². The van der Waals surface area contributed by atoms with Crippen LogP contribution in [-0.2, 0) is 6.42 Å². The van der Waals surface area contributed by atoms with E-state index in [1.807, 2.05) is 31.2 Å². The first-order chi connectivity index (χ1) is 9.40. The van der Waals surface area contributed by atoms with Crippen LogP contribution in [0.4, 0.5) is 18.9 Å². The molecule has 0 aliphatic rings. The summed E-state index contributed by atoms with van der Waals surface area (Å²) in [4.78, 5) is 0. The lowest BCUT2D eigenvalue weighted by Crippen LogP contribution is -2.16. The van der Waals surface area contributed by atoms with E-state index in [-0.39, 0.29) is 19.1 Å². The molecule has 0 aliphatic heterocycles. The molecule has 114 valence electrons. The molecule has 0 aromatic heterocycles. The van der Waals surface area contributed by atoms with Crippen molar-refractivity contribution in [3.05, 3.63) is 29.8 Å². The Hall–Kier alpha value is -1.23. The number of anilines is 1. The zero-order valence-corrected chi connectivity index (χ0v) is 11.7. The van der Waals surface area contributed by atoms with Crippen LogP contribution in [-0.4, -0.2) is 23.9 Å². The predicted octanol–water partition coefficient (Wildman–Crippen LogP) is 4.14. The van der Waals surface area contributed by atoms with Crippen LogP contribution in [0.5, 0.6) is 0 Å². The predicted molar refractivity (Wildman–Crippen MR) is 74.8 cm³/mol. The number of aliphatic hydroxyl groups is 1. The quantitative estimate of drug-likeness (QED) is 0.753. The third-order valence-electron chi connectivity index (χ3n) is 3.06. The molecule has 1 aromatic carbocycles. The average Bonchev–Trinajstić information content (AvgIpc) is 2.35. The zero-order chi connectivity index (χ0) is 15.0. The minimum absolute atomic E-state index is 0.00504. The van der Waals surface area contributed by atoms with Gasteiger partial charge in [0.2, 0.25) is 0 Å². The number of aliphatic hydroxyl groups excluding tert-OH is 1. The Morgan fingerprint density at radius 3 is 2.65 bits per heavy atom. The highest BCUT2D eigenvalue weighted by Crippen LogP contribution is 2.23. The lowest BCUT2D eigenvalue weighted by atomic mass is 10.1. The number of rotatable bonds is 8. The molecule has 20 heavy (non-hydrogen) atoms. The highest BCUT2D eigenvalue weighted by atomic mass is 19.4. The Morgan fingerprint density at radius 1 is 1.25 bits per heavy atom. The van der Waals surface area contributed by atoms with E-state index < -0.39 is 12.6 Å². The summed E-state index contributed by atoms with van der Waals surface area (Å²) < 4.78 is 36.2. The average molecular weight is 289 g/mol. The first-order valence-electron chi connectivity index (χ1n) is 6.94. The van der Waals surface area contributed by atoms with E-state index in [1.165, 1.54) is 0 Å². The SMILES string of the molecule is CC(CCCC(F)(F)F)Nc1cccc(CCCO)c1. The second-order valence-corrected chi connectivity index (χ2v) is 5.08. The largest absolute Gasteiger partial charge is 0.396 e. The Kier molecular flexibility index (Phi) is 6.85. The number of hydrogen-bond donors (Lipinski definition) is 2. The van der Waals surface area contributed by atoms with Crippen molar-refractivity contribution in [1.29, 1.82) is 0 Å². The molecule has 1 unspecified atom stereocenters. The highest BCUT2D eigenvalue weighted by molar-refractivity contribution is 5.46. The van der Waals surface area contributed by atoms with Crippen molar-refractivity contribution in [3.63, 3.8) is 0 Å².